The van der Waals surface area contributed by atoms with Gasteiger partial charge in [0.05, 0.1) is 0 Å². The van der Waals surface area contributed by atoms with Crippen LogP contribution in [0.5, 0.6) is 0 Å². The van der Waals surface area contributed by atoms with E-state index in [1.165, 1.54) is 0 Å². The Morgan fingerprint density at radius 3 is 2.40 bits per heavy atom. The molecular weight excluding hydrogens is 133 g/mol. The van der Waals surface area contributed by atoms with Crippen molar-refractivity contribution in [3.63, 3.8) is 0 Å². The lowest BCUT2D eigenvalue weighted by Gasteiger charge is -2.23. The summed E-state index contributed by atoms with van der Waals surface area (Å²) in [5, 5.41) is 9.12. The molecule has 0 radical (unpaired) electrons. The normalized spacial score (nSPS) is 26.7. The molecule has 0 spiro atoms. The second-order valence-corrected chi connectivity index (χ2v) is 2.99. The van der Waals surface area contributed by atoms with Gasteiger partial charge in [0.15, 0.2) is 0 Å². The second kappa shape index (κ2) is 2.84. The largest absolute Gasteiger partial charge is 0.388 e. The standard InChI is InChI=1S/C7H14FNO/c8-7(6(10)5-9)3-1-2-4-7/h6,10H,1-5,9H2. The number of rotatable bonds is 2. The van der Waals surface area contributed by atoms with Crippen LogP contribution in [0.25, 0.3) is 0 Å². The summed E-state index contributed by atoms with van der Waals surface area (Å²) in [5.74, 6) is 0. The van der Waals surface area contributed by atoms with Gasteiger partial charge in [0, 0.05) is 6.54 Å². The van der Waals surface area contributed by atoms with Gasteiger partial charge in [0.25, 0.3) is 0 Å². The summed E-state index contributed by atoms with van der Waals surface area (Å²) in [5.41, 5.74) is 3.78. The van der Waals surface area contributed by atoms with Crippen LogP contribution in [0.2, 0.25) is 0 Å². The number of halogens is 1. The molecule has 0 aromatic carbocycles. The Hall–Kier alpha value is -0.150. The van der Waals surface area contributed by atoms with Crippen LogP contribution in [0.1, 0.15) is 25.7 Å². The van der Waals surface area contributed by atoms with Crippen LogP contribution in [0.4, 0.5) is 4.39 Å². The van der Waals surface area contributed by atoms with Crippen LogP contribution < -0.4 is 5.73 Å². The highest BCUT2D eigenvalue weighted by molar-refractivity contribution is 4.91. The van der Waals surface area contributed by atoms with E-state index in [1.807, 2.05) is 0 Å². The first-order valence-corrected chi connectivity index (χ1v) is 3.76. The fourth-order valence-electron chi connectivity index (χ4n) is 1.51. The van der Waals surface area contributed by atoms with Crippen LogP contribution in [-0.2, 0) is 0 Å². The zero-order chi connectivity index (χ0) is 7.61. The molecule has 1 atom stereocenters. The molecule has 0 saturated heterocycles. The average molecular weight is 147 g/mol. The molecule has 1 rings (SSSR count). The van der Waals surface area contributed by atoms with E-state index < -0.39 is 11.8 Å². The van der Waals surface area contributed by atoms with Gasteiger partial charge in [-0.3, -0.25) is 0 Å². The molecule has 0 aromatic rings. The molecule has 60 valence electrons. The zero-order valence-electron chi connectivity index (χ0n) is 6.02. The van der Waals surface area contributed by atoms with Crippen molar-refractivity contribution in [2.75, 3.05) is 6.54 Å². The smallest absolute Gasteiger partial charge is 0.138 e. The first kappa shape index (κ1) is 7.95. The molecule has 0 heterocycles. The van der Waals surface area contributed by atoms with Gasteiger partial charge in [-0.2, -0.15) is 0 Å². The summed E-state index contributed by atoms with van der Waals surface area (Å²) in [7, 11) is 0. The Labute approximate surface area is 60.2 Å². The van der Waals surface area contributed by atoms with Crippen LogP contribution in [0.3, 0.4) is 0 Å². The molecule has 1 unspecified atom stereocenters. The number of aliphatic hydroxyl groups excluding tert-OH is 1. The molecule has 0 bridgehead atoms. The molecule has 1 aliphatic carbocycles. The molecule has 1 aliphatic rings. The summed E-state index contributed by atoms with van der Waals surface area (Å²) in [4.78, 5) is 0. The van der Waals surface area contributed by atoms with E-state index in [2.05, 4.69) is 0 Å². The monoisotopic (exact) mass is 147 g/mol. The number of alkyl halides is 1. The van der Waals surface area contributed by atoms with Crippen molar-refractivity contribution >= 4 is 0 Å². The van der Waals surface area contributed by atoms with Crippen LogP contribution in [0.15, 0.2) is 0 Å². The summed E-state index contributed by atoms with van der Waals surface area (Å²) >= 11 is 0. The predicted octanol–water partition coefficient (Wildman–Crippen LogP) is 0.588. The van der Waals surface area contributed by atoms with Gasteiger partial charge in [-0.1, -0.05) is 12.8 Å². The summed E-state index contributed by atoms with van der Waals surface area (Å²) in [6.45, 7) is 0.0382. The highest BCUT2D eigenvalue weighted by atomic mass is 19.1. The van der Waals surface area contributed by atoms with Crippen molar-refractivity contribution in [2.24, 2.45) is 5.73 Å². The quantitative estimate of drug-likeness (QED) is 0.600. The second-order valence-electron chi connectivity index (χ2n) is 2.99. The molecule has 2 nitrogen and oxygen atoms in total. The predicted molar refractivity (Wildman–Crippen MR) is 37.4 cm³/mol. The van der Waals surface area contributed by atoms with E-state index in [0.717, 1.165) is 12.8 Å². The number of hydrogen-bond donors (Lipinski definition) is 2. The highest BCUT2D eigenvalue weighted by Gasteiger charge is 2.39. The van der Waals surface area contributed by atoms with Gasteiger partial charge in [0.1, 0.15) is 11.8 Å². The maximum Gasteiger partial charge on any atom is 0.138 e. The third kappa shape index (κ3) is 1.30. The first-order chi connectivity index (χ1) is 4.69. The molecule has 0 aliphatic heterocycles. The summed E-state index contributed by atoms with van der Waals surface area (Å²) < 4.78 is 13.4. The van der Waals surface area contributed by atoms with Gasteiger partial charge in [0.2, 0.25) is 0 Å². The maximum atomic E-state index is 13.4. The Morgan fingerprint density at radius 2 is 2.00 bits per heavy atom. The minimum atomic E-state index is -1.37. The molecule has 3 N–H and O–H groups in total. The van der Waals surface area contributed by atoms with Crippen molar-refractivity contribution in [3.05, 3.63) is 0 Å². The van der Waals surface area contributed by atoms with E-state index in [0.29, 0.717) is 12.8 Å². The van der Waals surface area contributed by atoms with Crippen molar-refractivity contribution in [1.82, 2.24) is 0 Å². The lowest BCUT2D eigenvalue weighted by atomic mass is 9.97. The molecule has 1 saturated carbocycles. The van der Waals surface area contributed by atoms with Crippen molar-refractivity contribution in [2.45, 2.75) is 37.5 Å². The average Bonchev–Trinajstić information content (AvgIpc) is 2.36. The highest BCUT2D eigenvalue weighted by Crippen LogP contribution is 2.35. The van der Waals surface area contributed by atoms with Gasteiger partial charge in [-0.05, 0) is 12.8 Å². The third-order valence-electron chi connectivity index (χ3n) is 2.26. The number of hydrogen-bond acceptors (Lipinski definition) is 2. The minimum Gasteiger partial charge on any atom is -0.388 e. The van der Waals surface area contributed by atoms with Gasteiger partial charge in [-0.25, -0.2) is 4.39 Å². The maximum absolute atomic E-state index is 13.4. The lowest BCUT2D eigenvalue weighted by molar-refractivity contribution is 0.00185. The third-order valence-corrected chi connectivity index (χ3v) is 2.26. The minimum absolute atomic E-state index is 0.0382. The van der Waals surface area contributed by atoms with Gasteiger partial charge in [-0.15, -0.1) is 0 Å². The fourth-order valence-corrected chi connectivity index (χ4v) is 1.51. The Morgan fingerprint density at radius 1 is 1.50 bits per heavy atom. The van der Waals surface area contributed by atoms with E-state index in [4.69, 9.17) is 10.8 Å². The molecule has 0 amide bonds. The number of nitrogens with two attached hydrogens (primary N) is 1. The topological polar surface area (TPSA) is 46.2 Å². The van der Waals surface area contributed by atoms with E-state index in [1.54, 1.807) is 0 Å². The SMILES string of the molecule is NCC(O)C1(F)CCCC1. The van der Waals surface area contributed by atoms with Crippen LogP contribution in [-0.4, -0.2) is 23.4 Å². The fraction of sp³-hybridized carbons (Fsp3) is 1.00. The number of aliphatic hydroxyl groups is 1. The van der Waals surface area contributed by atoms with E-state index in [9.17, 15) is 4.39 Å². The van der Waals surface area contributed by atoms with Crippen LogP contribution >= 0.6 is 0 Å². The molecule has 3 heteroatoms. The molecule has 1 fully saturated rings. The van der Waals surface area contributed by atoms with Crippen molar-refractivity contribution < 1.29 is 9.50 Å². The Kier molecular flexibility index (Phi) is 2.26. The Balaban J connectivity index is 2.49. The van der Waals surface area contributed by atoms with Gasteiger partial charge >= 0.3 is 0 Å². The summed E-state index contributed by atoms with van der Waals surface area (Å²) in [6, 6.07) is 0. The first-order valence-electron chi connectivity index (χ1n) is 3.76. The summed E-state index contributed by atoms with van der Waals surface area (Å²) in [6.07, 6.45) is 1.77. The lowest BCUT2D eigenvalue weighted by Crippen LogP contribution is -2.40. The molecular formula is C7H14FNO. The van der Waals surface area contributed by atoms with E-state index >= 15 is 0 Å². The van der Waals surface area contributed by atoms with Crippen molar-refractivity contribution in [3.8, 4) is 0 Å². The van der Waals surface area contributed by atoms with Gasteiger partial charge < -0.3 is 10.8 Å². The molecule has 0 aromatic heterocycles. The molecule has 10 heavy (non-hydrogen) atoms. The van der Waals surface area contributed by atoms with Crippen LogP contribution in [0, 0.1) is 0 Å². The zero-order valence-corrected chi connectivity index (χ0v) is 6.02. The van der Waals surface area contributed by atoms with E-state index in [-0.39, 0.29) is 6.54 Å². The Bertz CT molecular complexity index is 112. The van der Waals surface area contributed by atoms with Crippen molar-refractivity contribution in [1.29, 1.82) is 0 Å².